The van der Waals surface area contributed by atoms with Crippen LogP contribution in [0.3, 0.4) is 0 Å². The van der Waals surface area contributed by atoms with Gasteiger partial charge in [0, 0.05) is 12.1 Å². The zero-order valence-corrected chi connectivity index (χ0v) is 13.4. The van der Waals surface area contributed by atoms with Gasteiger partial charge in [-0.3, -0.25) is 0 Å². The van der Waals surface area contributed by atoms with Crippen LogP contribution in [0.4, 0.5) is 24.9 Å². The Morgan fingerprint density at radius 3 is 2.76 bits per heavy atom. The molecule has 128 valence electrons. The molecule has 0 saturated heterocycles. The zero-order chi connectivity index (χ0) is 18.2. The molecule has 0 bridgehead atoms. The zero-order valence-electron chi connectivity index (χ0n) is 13.4. The Balaban J connectivity index is 2.23. The Morgan fingerprint density at radius 2 is 2.08 bits per heavy atom. The maximum atomic E-state index is 13.2. The molecular formula is C18H15F3N4. The van der Waals surface area contributed by atoms with Crippen LogP contribution < -0.4 is 11.1 Å². The topological polar surface area (TPSA) is 63.8 Å². The minimum atomic E-state index is -4.42. The number of anilines is 2. The van der Waals surface area contributed by atoms with E-state index >= 15 is 0 Å². The maximum Gasteiger partial charge on any atom is 0.416 e. The molecule has 1 aliphatic rings. The van der Waals surface area contributed by atoms with Crippen LogP contribution in [0.5, 0.6) is 0 Å². The number of nitrogens with zero attached hydrogens (tertiary/aromatic N) is 2. The third-order valence-corrected chi connectivity index (χ3v) is 4.05. The second-order valence-corrected chi connectivity index (χ2v) is 5.61. The van der Waals surface area contributed by atoms with Crippen molar-refractivity contribution in [3.8, 4) is 12.3 Å². The van der Waals surface area contributed by atoms with Gasteiger partial charge in [0.05, 0.1) is 17.7 Å². The van der Waals surface area contributed by atoms with Gasteiger partial charge in [-0.1, -0.05) is 18.2 Å². The summed E-state index contributed by atoms with van der Waals surface area (Å²) in [6, 6.07) is 4.12. The fourth-order valence-electron chi connectivity index (χ4n) is 2.99. The number of fused-ring (bicyclic) bond motifs is 1. The number of nitrogens with two attached hydrogens (primary N) is 1. The molecule has 2 heterocycles. The Labute approximate surface area is 143 Å². The predicted octanol–water partition coefficient (Wildman–Crippen LogP) is 3.42. The molecule has 25 heavy (non-hydrogen) atoms. The number of aromatic nitrogens is 2. The summed E-state index contributed by atoms with van der Waals surface area (Å²) in [4.78, 5) is 8.33. The number of hydrogen-bond donors (Lipinski definition) is 2. The molecule has 0 spiro atoms. The molecule has 0 radical (unpaired) electrons. The number of benzene rings is 1. The Hall–Kier alpha value is -3.01. The van der Waals surface area contributed by atoms with Crippen LogP contribution in [0.1, 0.15) is 27.9 Å². The van der Waals surface area contributed by atoms with E-state index in [-0.39, 0.29) is 17.9 Å². The minimum absolute atomic E-state index is 0.0681. The third kappa shape index (κ3) is 3.03. The van der Waals surface area contributed by atoms with Gasteiger partial charge in [-0.05, 0) is 29.7 Å². The summed E-state index contributed by atoms with van der Waals surface area (Å²) in [7, 11) is 0. The van der Waals surface area contributed by atoms with E-state index in [1.165, 1.54) is 13.0 Å². The van der Waals surface area contributed by atoms with Crippen LogP contribution >= 0.6 is 0 Å². The van der Waals surface area contributed by atoms with E-state index in [4.69, 9.17) is 12.2 Å². The lowest BCUT2D eigenvalue weighted by atomic mass is 9.89. The molecule has 1 aliphatic heterocycles. The fourth-order valence-corrected chi connectivity index (χ4v) is 2.99. The first-order chi connectivity index (χ1) is 11.8. The van der Waals surface area contributed by atoms with Gasteiger partial charge in [-0.25, -0.2) is 4.98 Å². The van der Waals surface area contributed by atoms with E-state index < -0.39 is 11.7 Å². The molecule has 0 fully saturated rings. The van der Waals surface area contributed by atoms with Gasteiger partial charge in [0.2, 0.25) is 5.95 Å². The number of nitrogens with one attached hydrogen (secondary N) is 1. The number of alkyl halides is 3. The summed E-state index contributed by atoms with van der Waals surface area (Å²) in [5, 5.41) is 3.07. The molecule has 0 unspecified atom stereocenters. The fraction of sp³-hybridized carbons (Fsp3) is 0.222. The molecule has 0 saturated carbocycles. The maximum absolute atomic E-state index is 13.2. The number of rotatable bonds is 2. The van der Waals surface area contributed by atoms with Gasteiger partial charge in [0.1, 0.15) is 5.82 Å². The molecule has 1 aromatic carbocycles. The van der Waals surface area contributed by atoms with Gasteiger partial charge in [0.25, 0.3) is 0 Å². The summed E-state index contributed by atoms with van der Waals surface area (Å²) >= 11 is 0. The molecule has 0 amide bonds. The van der Waals surface area contributed by atoms with Gasteiger partial charge in [-0.15, -0.1) is 12.3 Å². The highest BCUT2D eigenvalue weighted by molar-refractivity contribution is 5.90. The average molecular weight is 344 g/mol. The highest BCUT2D eigenvalue weighted by Gasteiger charge is 2.34. The van der Waals surface area contributed by atoms with Crippen molar-refractivity contribution in [2.24, 2.45) is 0 Å². The summed E-state index contributed by atoms with van der Waals surface area (Å²) in [5.41, 5.74) is 7.41. The minimum Gasteiger partial charge on any atom is -0.368 e. The van der Waals surface area contributed by atoms with Crippen molar-refractivity contribution in [2.75, 3.05) is 17.6 Å². The molecule has 0 atom stereocenters. The largest absolute Gasteiger partial charge is 0.416 e. The van der Waals surface area contributed by atoms with E-state index in [0.717, 1.165) is 6.07 Å². The van der Waals surface area contributed by atoms with Crippen molar-refractivity contribution in [1.82, 2.24) is 9.97 Å². The van der Waals surface area contributed by atoms with Gasteiger partial charge < -0.3 is 11.1 Å². The van der Waals surface area contributed by atoms with Crippen LogP contribution in [0.2, 0.25) is 0 Å². The van der Waals surface area contributed by atoms with Crippen LogP contribution in [-0.4, -0.2) is 16.5 Å². The van der Waals surface area contributed by atoms with E-state index in [1.807, 2.05) is 6.08 Å². The van der Waals surface area contributed by atoms with Crippen molar-refractivity contribution >= 4 is 17.3 Å². The molecule has 0 aliphatic carbocycles. The molecule has 3 rings (SSSR count). The number of hydrogen-bond acceptors (Lipinski definition) is 4. The SMILES string of the molecule is C#CCc1nc(N)nc2c1C(c1cccc(C(F)(F)F)c1C)=CCN2. The van der Waals surface area contributed by atoms with E-state index in [9.17, 15) is 13.2 Å². The molecular weight excluding hydrogens is 329 g/mol. The van der Waals surface area contributed by atoms with Crippen LogP contribution in [-0.2, 0) is 12.6 Å². The van der Waals surface area contributed by atoms with E-state index in [2.05, 4.69) is 21.2 Å². The van der Waals surface area contributed by atoms with Crippen molar-refractivity contribution in [1.29, 1.82) is 0 Å². The summed E-state index contributed by atoms with van der Waals surface area (Å²) in [6.45, 7) is 1.88. The van der Waals surface area contributed by atoms with Gasteiger partial charge >= 0.3 is 6.18 Å². The lowest BCUT2D eigenvalue weighted by Gasteiger charge is -2.23. The van der Waals surface area contributed by atoms with Crippen molar-refractivity contribution < 1.29 is 13.2 Å². The predicted molar refractivity (Wildman–Crippen MR) is 90.7 cm³/mol. The van der Waals surface area contributed by atoms with Crippen molar-refractivity contribution in [2.45, 2.75) is 19.5 Å². The molecule has 2 aromatic rings. The molecule has 3 N–H and O–H groups in total. The third-order valence-electron chi connectivity index (χ3n) is 4.05. The molecule has 1 aromatic heterocycles. The second kappa shape index (κ2) is 6.13. The van der Waals surface area contributed by atoms with Crippen LogP contribution in [0, 0.1) is 19.3 Å². The number of nitrogen functional groups attached to an aromatic ring is 1. The van der Waals surface area contributed by atoms with E-state index in [1.54, 1.807) is 6.07 Å². The second-order valence-electron chi connectivity index (χ2n) is 5.61. The van der Waals surface area contributed by atoms with Crippen molar-refractivity contribution in [3.05, 3.63) is 52.2 Å². The normalized spacial score (nSPS) is 13.5. The Morgan fingerprint density at radius 1 is 1.32 bits per heavy atom. The van der Waals surface area contributed by atoms with Gasteiger partial charge in [0.15, 0.2) is 0 Å². The lowest BCUT2D eigenvalue weighted by Crippen LogP contribution is -2.17. The smallest absolute Gasteiger partial charge is 0.368 e. The quantitative estimate of drug-likeness (QED) is 0.820. The Kier molecular flexibility index (Phi) is 4.13. The van der Waals surface area contributed by atoms with Crippen molar-refractivity contribution in [3.63, 3.8) is 0 Å². The summed E-state index contributed by atoms with van der Waals surface area (Å²) in [6.07, 6.45) is 2.99. The summed E-state index contributed by atoms with van der Waals surface area (Å²) in [5.74, 6) is 3.05. The molecule has 4 nitrogen and oxygen atoms in total. The number of halogens is 3. The average Bonchev–Trinajstić information content (AvgIpc) is 2.53. The highest BCUT2D eigenvalue weighted by Crippen LogP contribution is 2.39. The van der Waals surface area contributed by atoms with E-state index in [0.29, 0.717) is 34.8 Å². The van der Waals surface area contributed by atoms with Gasteiger partial charge in [-0.2, -0.15) is 18.2 Å². The standard InChI is InChI=1S/C18H15F3N4/c1-3-5-14-15-12(8-9-23-16(15)25-17(22)24-14)11-6-4-7-13(10(11)2)18(19,20)21/h1,4,6-8H,5,9H2,2H3,(H3,22,23,24,25). The summed E-state index contributed by atoms with van der Waals surface area (Å²) < 4.78 is 39.7. The van der Waals surface area contributed by atoms with Crippen LogP contribution in [0.15, 0.2) is 24.3 Å². The first-order valence-corrected chi connectivity index (χ1v) is 7.54. The first-order valence-electron chi connectivity index (χ1n) is 7.54. The first kappa shape index (κ1) is 16.8. The highest BCUT2D eigenvalue weighted by atomic mass is 19.4. The Bertz CT molecular complexity index is 908. The monoisotopic (exact) mass is 344 g/mol. The van der Waals surface area contributed by atoms with Crippen LogP contribution in [0.25, 0.3) is 5.57 Å². The molecule has 7 heteroatoms. The lowest BCUT2D eigenvalue weighted by molar-refractivity contribution is -0.138. The number of terminal acetylenes is 1.